The fourth-order valence-electron chi connectivity index (χ4n) is 3.91. The van der Waals surface area contributed by atoms with Gasteiger partial charge in [0.25, 0.3) is 0 Å². The molecule has 4 rings (SSSR count). The second-order valence-electron chi connectivity index (χ2n) is 7.77. The number of anilines is 1. The summed E-state index contributed by atoms with van der Waals surface area (Å²) in [6.07, 6.45) is 3.30. The molecule has 2 aromatic carbocycles. The van der Waals surface area contributed by atoms with Gasteiger partial charge in [-0.25, -0.2) is 4.79 Å². The lowest BCUT2D eigenvalue weighted by Crippen LogP contribution is -2.25. The Kier molecular flexibility index (Phi) is 6.35. The van der Waals surface area contributed by atoms with E-state index in [2.05, 4.69) is 33.1 Å². The van der Waals surface area contributed by atoms with Gasteiger partial charge < -0.3 is 15.5 Å². The number of hydrogen-bond donors (Lipinski definition) is 4. The van der Waals surface area contributed by atoms with Crippen LogP contribution in [0.3, 0.4) is 0 Å². The van der Waals surface area contributed by atoms with E-state index in [1.54, 1.807) is 24.7 Å². The fourth-order valence-corrected chi connectivity index (χ4v) is 4.34. The molecule has 0 atom stereocenters. The van der Waals surface area contributed by atoms with Crippen LogP contribution in [-0.2, 0) is 19.9 Å². The highest BCUT2D eigenvalue weighted by Crippen LogP contribution is 2.35. The smallest absolute Gasteiger partial charge is 0.337 e. The maximum absolute atomic E-state index is 11.1. The first-order chi connectivity index (χ1) is 15.7. The van der Waals surface area contributed by atoms with Crippen LogP contribution in [0.1, 0.15) is 40.5 Å². The van der Waals surface area contributed by atoms with E-state index < -0.39 is 5.97 Å². The summed E-state index contributed by atoms with van der Waals surface area (Å²) in [6.45, 7) is 1.71. The molecule has 1 aliphatic rings. The van der Waals surface area contributed by atoms with Crippen molar-refractivity contribution in [1.82, 2.24) is 15.2 Å². The number of carboxylic acids is 1. The fraction of sp³-hybridized carbons (Fsp3) is 0.217. The second kappa shape index (κ2) is 9.21. The molecule has 0 bridgehead atoms. The van der Waals surface area contributed by atoms with Gasteiger partial charge in [-0.2, -0.15) is 10.2 Å². The Bertz CT molecular complexity index is 1300. The summed E-state index contributed by atoms with van der Waals surface area (Å²) < 4.78 is 1.64. The monoisotopic (exact) mass is 483 g/mol. The summed E-state index contributed by atoms with van der Waals surface area (Å²) in [5, 5.41) is 31.7. The molecule has 0 amide bonds. The molecule has 0 aliphatic heterocycles. The van der Waals surface area contributed by atoms with E-state index in [4.69, 9.17) is 28.9 Å². The maximum atomic E-state index is 11.1. The van der Waals surface area contributed by atoms with E-state index in [0.717, 1.165) is 24.8 Å². The Morgan fingerprint density at radius 3 is 2.70 bits per heavy atom. The minimum absolute atomic E-state index is 0.000220. The van der Waals surface area contributed by atoms with Crippen molar-refractivity contribution in [1.29, 1.82) is 0 Å². The Hall–Kier alpha value is -3.43. The number of rotatable bonds is 5. The summed E-state index contributed by atoms with van der Waals surface area (Å²) in [4.78, 5) is 11.1. The van der Waals surface area contributed by atoms with Gasteiger partial charge in [0.15, 0.2) is 16.6 Å². The van der Waals surface area contributed by atoms with Gasteiger partial charge >= 0.3 is 5.97 Å². The topological polar surface area (TPSA) is 112 Å². The summed E-state index contributed by atoms with van der Waals surface area (Å²) in [6, 6.07) is 10.6. The van der Waals surface area contributed by atoms with Crippen molar-refractivity contribution >= 4 is 46.3 Å². The average molecular weight is 484 g/mol. The van der Waals surface area contributed by atoms with Gasteiger partial charge in [0.05, 0.1) is 16.3 Å². The molecule has 170 valence electrons. The Labute approximate surface area is 200 Å². The molecule has 0 saturated carbocycles. The number of thiocarbonyl (C=S) groups is 1. The molecule has 1 heterocycles. The number of aromatic carboxylic acids is 1. The third-order valence-electron chi connectivity index (χ3n) is 5.52. The lowest BCUT2D eigenvalue weighted by Gasteiger charge is -2.09. The van der Waals surface area contributed by atoms with Crippen molar-refractivity contribution in [2.75, 3.05) is 5.32 Å². The highest BCUT2D eigenvalue weighted by Gasteiger charge is 2.21. The molecule has 0 saturated heterocycles. The first kappa shape index (κ1) is 22.8. The number of carboxylic acid groups (broad SMARTS) is 1. The highest BCUT2D eigenvalue weighted by molar-refractivity contribution is 7.80. The van der Waals surface area contributed by atoms with Crippen LogP contribution < -0.4 is 10.7 Å². The summed E-state index contributed by atoms with van der Waals surface area (Å²) in [5.41, 5.74) is 8.22. The van der Waals surface area contributed by atoms with Crippen molar-refractivity contribution < 1.29 is 15.0 Å². The Balaban J connectivity index is 1.49. The van der Waals surface area contributed by atoms with Gasteiger partial charge in [-0.3, -0.25) is 10.1 Å². The van der Waals surface area contributed by atoms with Crippen LogP contribution in [0, 0.1) is 0 Å². The van der Waals surface area contributed by atoms with Crippen molar-refractivity contribution in [3.05, 3.63) is 63.8 Å². The van der Waals surface area contributed by atoms with E-state index in [9.17, 15) is 9.90 Å². The van der Waals surface area contributed by atoms with E-state index in [0.29, 0.717) is 22.8 Å². The first-order valence-electron chi connectivity index (χ1n) is 10.3. The van der Waals surface area contributed by atoms with Gasteiger partial charge in [0, 0.05) is 18.3 Å². The van der Waals surface area contributed by atoms with E-state index in [-0.39, 0.29) is 21.4 Å². The van der Waals surface area contributed by atoms with Crippen molar-refractivity contribution in [2.45, 2.75) is 26.2 Å². The number of aryl methyl sites for hydroxylation is 3. The average Bonchev–Trinajstić information content (AvgIpc) is 3.35. The van der Waals surface area contributed by atoms with Crippen molar-refractivity contribution in [3.63, 3.8) is 0 Å². The zero-order valence-electron chi connectivity index (χ0n) is 18.0. The van der Waals surface area contributed by atoms with E-state index >= 15 is 0 Å². The summed E-state index contributed by atoms with van der Waals surface area (Å²) >= 11 is 11.2. The number of halogens is 1. The van der Waals surface area contributed by atoms with Crippen LogP contribution >= 0.6 is 23.8 Å². The number of hydrogen-bond acceptors (Lipinski definition) is 5. The number of nitrogens with zero attached hydrogens (tertiary/aromatic N) is 3. The minimum atomic E-state index is -1.11. The zero-order valence-corrected chi connectivity index (χ0v) is 19.6. The molecule has 1 aromatic heterocycles. The molecule has 0 radical (unpaired) electrons. The third-order valence-corrected chi connectivity index (χ3v) is 6.03. The standard InChI is InChI=1S/C23H22ClN5O3S/c1-12(26-27-23(33)25-16-8-9-17(22(31)32)18(24)11-16)19-21(30)20(29(2)28-19)15-7-6-13-4-3-5-14(13)10-15/h6-11,30H,3-5H2,1-2H3,(H,31,32)(H2,25,27,33)/b26-12+. The van der Waals surface area contributed by atoms with Crippen molar-refractivity contribution in [3.8, 4) is 17.0 Å². The van der Waals surface area contributed by atoms with Crippen molar-refractivity contribution in [2.24, 2.45) is 12.1 Å². The molecule has 33 heavy (non-hydrogen) atoms. The molecule has 0 fully saturated rings. The van der Waals surface area contributed by atoms with Gasteiger partial charge in [-0.05, 0) is 73.8 Å². The number of carbonyl (C=O) groups is 1. The molecule has 3 aromatic rings. The molecular weight excluding hydrogens is 462 g/mol. The second-order valence-corrected chi connectivity index (χ2v) is 8.58. The number of hydrazone groups is 1. The van der Waals surface area contributed by atoms with Crippen LogP contribution in [0.15, 0.2) is 41.5 Å². The zero-order chi connectivity index (χ0) is 23.7. The Morgan fingerprint density at radius 2 is 1.97 bits per heavy atom. The van der Waals surface area contributed by atoms with Crippen LogP contribution in [0.25, 0.3) is 11.3 Å². The molecule has 8 nitrogen and oxygen atoms in total. The van der Waals surface area contributed by atoms with Crippen LogP contribution in [-0.4, -0.2) is 36.8 Å². The lowest BCUT2D eigenvalue weighted by molar-refractivity contribution is 0.0697. The maximum Gasteiger partial charge on any atom is 0.337 e. The van der Waals surface area contributed by atoms with Gasteiger partial charge in [0.2, 0.25) is 0 Å². The summed E-state index contributed by atoms with van der Waals surface area (Å²) in [7, 11) is 1.78. The largest absolute Gasteiger partial charge is 0.504 e. The van der Waals surface area contributed by atoms with Gasteiger partial charge in [0.1, 0.15) is 5.69 Å². The van der Waals surface area contributed by atoms with E-state index in [1.807, 2.05) is 6.07 Å². The molecule has 1 aliphatic carbocycles. The highest BCUT2D eigenvalue weighted by atomic mass is 35.5. The Morgan fingerprint density at radius 1 is 1.21 bits per heavy atom. The van der Waals surface area contributed by atoms with Crippen LogP contribution in [0.5, 0.6) is 5.75 Å². The number of aromatic hydroxyl groups is 1. The predicted molar refractivity (Wildman–Crippen MR) is 132 cm³/mol. The summed E-state index contributed by atoms with van der Waals surface area (Å²) in [5.74, 6) is -1.06. The molecule has 0 spiro atoms. The number of fused-ring (bicyclic) bond motifs is 1. The van der Waals surface area contributed by atoms with Gasteiger partial charge in [-0.15, -0.1) is 0 Å². The predicted octanol–water partition coefficient (Wildman–Crippen LogP) is 4.34. The number of nitrogens with one attached hydrogen (secondary N) is 2. The quantitative estimate of drug-likeness (QED) is 0.242. The first-order valence-corrected chi connectivity index (χ1v) is 11.1. The third kappa shape index (κ3) is 4.69. The molecule has 4 N–H and O–H groups in total. The normalized spacial score (nSPS) is 13.0. The SMILES string of the molecule is C/C(=N\NC(=S)Nc1ccc(C(=O)O)c(Cl)c1)c1nn(C)c(-c2ccc3c(c2)CCC3)c1O. The van der Waals surface area contributed by atoms with Gasteiger partial charge in [-0.1, -0.05) is 23.7 Å². The van der Waals surface area contributed by atoms with Crippen LogP contribution in [0.4, 0.5) is 5.69 Å². The minimum Gasteiger partial charge on any atom is -0.504 e. The number of aromatic nitrogens is 2. The molecular formula is C23H22ClN5O3S. The van der Waals surface area contributed by atoms with E-state index in [1.165, 1.54) is 23.3 Å². The molecule has 10 heteroatoms. The number of benzene rings is 2. The molecule has 0 unspecified atom stereocenters. The lowest BCUT2D eigenvalue weighted by atomic mass is 10.0. The van der Waals surface area contributed by atoms with Crippen LogP contribution in [0.2, 0.25) is 5.02 Å².